The summed E-state index contributed by atoms with van der Waals surface area (Å²) in [4.78, 5) is 14.3. The molecule has 0 heterocycles. The fraction of sp³-hybridized carbons (Fsp3) is 0.278. The third-order valence-corrected chi connectivity index (χ3v) is 4.99. The van der Waals surface area contributed by atoms with Gasteiger partial charge in [0.15, 0.2) is 0 Å². The molecule has 0 unspecified atom stereocenters. The number of amides is 2. The van der Waals surface area contributed by atoms with Crippen LogP contribution in [0.25, 0.3) is 0 Å². The molecule has 0 aliphatic heterocycles. The van der Waals surface area contributed by atoms with Gasteiger partial charge in [0.1, 0.15) is 0 Å². The normalized spacial score (nSPS) is 13.1. The first-order valence-electron chi connectivity index (χ1n) is 7.60. The molecule has 0 spiro atoms. The molecule has 5 heteroatoms. The summed E-state index contributed by atoms with van der Waals surface area (Å²) in [6, 6.07) is 18.9. The largest absolute Gasteiger partial charge is 0.337 e. The van der Waals surface area contributed by atoms with Gasteiger partial charge in [-0.05, 0) is 30.7 Å². The van der Waals surface area contributed by atoms with E-state index in [0.717, 1.165) is 11.4 Å². The van der Waals surface area contributed by atoms with Gasteiger partial charge in [-0.25, -0.2) is 4.79 Å². The van der Waals surface area contributed by atoms with Crippen LogP contribution in [-0.4, -0.2) is 28.3 Å². The van der Waals surface area contributed by atoms with Gasteiger partial charge in [0.25, 0.3) is 0 Å². The molecule has 4 nitrogen and oxygen atoms in total. The Morgan fingerprint density at radius 3 is 1.96 bits per heavy atom. The third kappa shape index (κ3) is 4.93. The van der Waals surface area contributed by atoms with E-state index in [4.69, 9.17) is 0 Å². The summed E-state index contributed by atoms with van der Waals surface area (Å²) in [7, 11) is -0.873. The Morgan fingerprint density at radius 2 is 1.52 bits per heavy atom. The van der Waals surface area contributed by atoms with Crippen molar-refractivity contribution in [3.05, 3.63) is 60.7 Å². The molecule has 2 amide bonds. The molecule has 0 radical (unpaired) electrons. The van der Waals surface area contributed by atoms with E-state index in [1.54, 1.807) is 11.2 Å². The second-order valence-electron chi connectivity index (χ2n) is 5.34. The summed E-state index contributed by atoms with van der Waals surface area (Å²) in [6.45, 7) is 2.42. The van der Waals surface area contributed by atoms with Gasteiger partial charge in [0.2, 0.25) is 0 Å². The summed E-state index contributed by atoms with van der Waals surface area (Å²) < 4.78 is 11.4. The van der Waals surface area contributed by atoms with E-state index in [1.165, 1.54) is 0 Å². The fourth-order valence-electron chi connectivity index (χ4n) is 2.17. The maximum Gasteiger partial charge on any atom is 0.326 e. The minimum Gasteiger partial charge on any atom is -0.337 e. The highest BCUT2D eigenvalue weighted by molar-refractivity contribution is 7.84. The molecule has 1 N–H and O–H groups in total. The third-order valence-electron chi connectivity index (χ3n) is 3.63. The van der Waals surface area contributed by atoms with Crippen LogP contribution in [0.2, 0.25) is 0 Å². The highest BCUT2D eigenvalue weighted by Gasteiger charge is 2.17. The lowest BCUT2D eigenvalue weighted by molar-refractivity contribution is 0.248. The van der Waals surface area contributed by atoms with Gasteiger partial charge in [-0.2, -0.15) is 0 Å². The highest BCUT2D eigenvalue weighted by atomic mass is 32.2. The number of urea groups is 1. The first kappa shape index (κ1) is 17.2. The number of hydrogen-bond donors (Lipinski definition) is 1. The number of nitrogens with one attached hydrogen (secondary N) is 1. The monoisotopic (exact) mass is 330 g/mol. The summed E-state index contributed by atoms with van der Waals surface area (Å²) in [6.07, 6.45) is 2.37. The minimum atomic E-state index is -0.873. The van der Waals surface area contributed by atoms with Crippen LogP contribution in [0.3, 0.4) is 0 Å². The van der Waals surface area contributed by atoms with Gasteiger partial charge >= 0.3 is 6.03 Å². The minimum absolute atomic E-state index is 0.0669. The Labute approximate surface area is 140 Å². The molecule has 2 rings (SSSR count). The molecule has 0 saturated carbocycles. The number of carbonyl (C=O) groups excluding carboxylic acids is 1. The lowest BCUT2D eigenvalue weighted by Crippen LogP contribution is -2.38. The molecular formula is C18H22N2O2S. The lowest BCUT2D eigenvalue weighted by Gasteiger charge is -2.23. The molecule has 0 aliphatic rings. The van der Waals surface area contributed by atoms with Crippen molar-refractivity contribution in [2.75, 3.05) is 17.7 Å². The maximum atomic E-state index is 12.6. The summed E-state index contributed by atoms with van der Waals surface area (Å²) in [5.41, 5.74) is 1.62. The zero-order valence-electron chi connectivity index (χ0n) is 13.4. The predicted molar refractivity (Wildman–Crippen MR) is 96.6 cm³/mol. The van der Waals surface area contributed by atoms with Crippen LogP contribution in [0.4, 0.5) is 16.2 Å². The Morgan fingerprint density at radius 1 is 1.04 bits per heavy atom. The molecule has 2 aromatic carbocycles. The van der Waals surface area contributed by atoms with Gasteiger partial charge in [0.05, 0.1) is 11.4 Å². The van der Waals surface area contributed by atoms with E-state index < -0.39 is 10.8 Å². The molecular weight excluding hydrogens is 308 g/mol. The van der Waals surface area contributed by atoms with Crippen LogP contribution in [0.1, 0.15) is 13.3 Å². The van der Waals surface area contributed by atoms with Crippen LogP contribution in [0, 0.1) is 0 Å². The second-order valence-corrected chi connectivity index (χ2v) is 7.14. The van der Waals surface area contributed by atoms with E-state index >= 15 is 0 Å². The fourth-order valence-corrected chi connectivity index (χ4v) is 2.61. The standard InChI is InChI=1S/C18H22N2O2S/c1-15(23(2)22)13-14-19-18(21)20(16-9-5-3-6-10-16)17-11-7-4-8-12-17/h3-12,15H,13-14H2,1-2H3,(H,19,21)/t15-,23+/m0/s1. The van der Waals surface area contributed by atoms with E-state index in [-0.39, 0.29) is 11.3 Å². The van der Waals surface area contributed by atoms with Crippen molar-refractivity contribution < 1.29 is 9.00 Å². The van der Waals surface area contributed by atoms with Gasteiger partial charge < -0.3 is 5.32 Å². The van der Waals surface area contributed by atoms with E-state index in [2.05, 4.69) is 5.32 Å². The van der Waals surface area contributed by atoms with Crippen LogP contribution in [0.5, 0.6) is 0 Å². The van der Waals surface area contributed by atoms with Crippen molar-refractivity contribution in [1.82, 2.24) is 5.32 Å². The van der Waals surface area contributed by atoms with Crippen LogP contribution in [0.15, 0.2) is 60.7 Å². The first-order chi connectivity index (χ1) is 11.1. The van der Waals surface area contributed by atoms with Crippen molar-refractivity contribution >= 4 is 28.2 Å². The first-order valence-corrected chi connectivity index (χ1v) is 9.22. The van der Waals surface area contributed by atoms with Crippen molar-refractivity contribution in [2.45, 2.75) is 18.6 Å². The van der Waals surface area contributed by atoms with Crippen LogP contribution in [-0.2, 0) is 10.8 Å². The number of benzene rings is 2. The molecule has 2 atom stereocenters. The van der Waals surface area contributed by atoms with Gasteiger partial charge in [-0.1, -0.05) is 43.3 Å². The van der Waals surface area contributed by atoms with Gasteiger partial charge in [-0.3, -0.25) is 9.11 Å². The average Bonchev–Trinajstić information content (AvgIpc) is 2.57. The van der Waals surface area contributed by atoms with Gasteiger partial charge in [-0.15, -0.1) is 0 Å². The summed E-state index contributed by atoms with van der Waals surface area (Å²) in [5, 5.41) is 2.98. The smallest absolute Gasteiger partial charge is 0.326 e. The molecule has 0 fully saturated rings. The molecule has 2 aromatic rings. The summed E-state index contributed by atoms with van der Waals surface area (Å²) in [5.74, 6) is 0. The number of rotatable bonds is 6. The number of carbonyl (C=O) groups is 1. The van der Waals surface area contributed by atoms with E-state index in [9.17, 15) is 9.00 Å². The van der Waals surface area contributed by atoms with Gasteiger partial charge in [0, 0.05) is 28.9 Å². The Bertz CT molecular complexity index is 607. The number of nitrogens with zero attached hydrogens (tertiary/aromatic N) is 1. The molecule has 0 aliphatic carbocycles. The number of anilines is 2. The quantitative estimate of drug-likeness (QED) is 0.878. The molecule has 0 saturated heterocycles. The van der Waals surface area contributed by atoms with E-state index in [0.29, 0.717) is 13.0 Å². The average molecular weight is 330 g/mol. The van der Waals surface area contributed by atoms with Crippen molar-refractivity contribution in [1.29, 1.82) is 0 Å². The molecule has 122 valence electrons. The van der Waals surface area contributed by atoms with Crippen LogP contribution < -0.4 is 10.2 Å². The molecule has 0 bridgehead atoms. The zero-order valence-corrected chi connectivity index (χ0v) is 14.3. The Kier molecular flexibility index (Phi) is 6.35. The van der Waals surface area contributed by atoms with Crippen molar-refractivity contribution in [2.24, 2.45) is 0 Å². The zero-order chi connectivity index (χ0) is 16.7. The topological polar surface area (TPSA) is 49.4 Å². The summed E-state index contributed by atoms with van der Waals surface area (Å²) >= 11 is 0. The van der Waals surface area contributed by atoms with Crippen molar-refractivity contribution in [3.63, 3.8) is 0 Å². The van der Waals surface area contributed by atoms with Crippen LogP contribution >= 0.6 is 0 Å². The molecule has 23 heavy (non-hydrogen) atoms. The maximum absolute atomic E-state index is 12.6. The number of hydrogen-bond acceptors (Lipinski definition) is 2. The Hall–Kier alpha value is -2.14. The predicted octanol–water partition coefficient (Wildman–Crippen LogP) is 3.69. The van der Waals surface area contributed by atoms with Crippen molar-refractivity contribution in [3.8, 4) is 0 Å². The van der Waals surface area contributed by atoms with E-state index in [1.807, 2.05) is 67.6 Å². The SMILES string of the molecule is C[C@@H](CCNC(=O)N(c1ccccc1)c1ccccc1)[S@@](C)=O. The Balaban J connectivity index is 2.12. The lowest BCUT2D eigenvalue weighted by atomic mass is 10.2. The number of para-hydroxylation sites is 2. The molecule has 0 aromatic heterocycles. The highest BCUT2D eigenvalue weighted by Crippen LogP contribution is 2.24. The second kappa shape index (κ2) is 8.48.